The number of carbonyl (C=O) groups excluding carboxylic acids is 2. The number of benzene rings is 1. The molecule has 27 heavy (non-hydrogen) atoms. The molecule has 0 saturated carbocycles. The smallest absolute Gasteiger partial charge is 0.289 e. The fraction of sp³-hybridized carbons (Fsp3) is 0.429. The van der Waals surface area contributed by atoms with Gasteiger partial charge in [0.1, 0.15) is 18.1 Å². The number of hydrogen-bond acceptors (Lipinski definition) is 4. The number of likely N-dealkylation sites (N-methyl/N-ethyl adjacent to an activating group) is 1. The molecule has 0 unspecified atom stereocenters. The summed E-state index contributed by atoms with van der Waals surface area (Å²) in [6, 6.07) is 11.4. The van der Waals surface area contributed by atoms with Crippen molar-refractivity contribution in [1.82, 2.24) is 9.80 Å². The zero-order valence-electron chi connectivity index (χ0n) is 15.7. The number of carbonyl (C=O) groups is 2. The van der Waals surface area contributed by atoms with Gasteiger partial charge in [0.25, 0.3) is 5.91 Å². The van der Waals surface area contributed by atoms with E-state index in [4.69, 9.17) is 9.15 Å². The largest absolute Gasteiger partial charge is 0.486 e. The molecule has 2 amide bonds. The zero-order valence-corrected chi connectivity index (χ0v) is 15.7. The predicted octanol–water partition coefficient (Wildman–Crippen LogP) is 2.86. The van der Waals surface area contributed by atoms with Crippen molar-refractivity contribution in [2.24, 2.45) is 5.92 Å². The normalized spacial score (nSPS) is 22.1. The van der Waals surface area contributed by atoms with Gasteiger partial charge in [-0.1, -0.05) is 18.2 Å². The van der Waals surface area contributed by atoms with Gasteiger partial charge in [-0.3, -0.25) is 9.59 Å². The van der Waals surface area contributed by atoms with E-state index in [1.807, 2.05) is 50.4 Å². The average molecular weight is 368 g/mol. The number of nitrogens with zero attached hydrogens (tertiary/aromatic N) is 2. The fourth-order valence-electron chi connectivity index (χ4n) is 3.97. The third-order valence-electron chi connectivity index (χ3n) is 5.54. The molecule has 0 radical (unpaired) electrons. The van der Waals surface area contributed by atoms with Crippen molar-refractivity contribution >= 4 is 11.8 Å². The van der Waals surface area contributed by atoms with E-state index in [2.05, 4.69) is 0 Å². The molecular formula is C21H24N2O4. The lowest BCUT2D eigenvalue weighted by Gasteiger charge is -2.32. The summed E-state index contributed by atoms with van der Waals surface area (Å²) >= 11 is 0. The second-order valence-corrected chi connectivity index (χ2v) is 7.41. The number of piperidine rings is 1. The average Bonchev–Trinajstić information content (AvgIpc) is 2.86. The molecule has 2 aromatic rings. The Morgan fingerprint density at radius 2 is 2.00 bits per heavy atom. The number of rotatable bonds is 4. The maximum atomic E-state index is 13.1. The topological polar surface area (TPSA) is 63.0 Å². The van der Waals surface area contributed by atoms with Crippen molar-refractivity contribution in [3.05, 3.63) is 53.5 Å². The van der Waals surface area contributed by atoms with Gasteiger partial charge in [-0.2, -0.15) is 0 Å². The molecule has 0 spiro atoms. The summed E-state index contributed by atoms with van der Waals surface area (Å²) in [7, 11) is 1.84. The number of amides is 2. The van der Waals surface area contributed by atoms with Crippen LogP contribution in [0.3, 0.4) is 0 Å². The van der Waals surface area contributed by atoms with Crippen molar-refractivity contribution in [1.29, 1.82) is 0 Å². The van der Waals surface area contributed by atoms with Crippen LogP contribution in [0.15, 0.2) is 40.8 Å². The first-order valence-corrected chi connectivity index (χ1v) is 9.36. The van der Waals surface area contributed by atoms with E-state index in [1.54, 1.807) is 9.80 Å². The molecule has 3 fully saturated rings. The van der Waals surface area contributed by atoms with Gasteiger partial charge in [0.05, 0.1) is 5.92 Å². The molecule has 6 heteroatoms. The van der Waals surface area contributed by atoms with Crippen LogP contribution in [0.1, 0.15) is 34.7 Å². The van der Waals surface area contributed by atoms with Gasteiger partial charge in [0.15, 0.2) is 5.76 Å². The third-order valence-corrected chi connectivity index (χ3v) is 5.54. The minimum Gasteiger partial charge on any atom is -0.486 e. The zero-order chi connectivity index (χ0) is 19.0. The van der Waals surface area contributed by atoms with Gasteiger partial charge in [0.2, 0.25) is 5.91 Å². The van der Waals surface area contributed by atoms with Crippen molar-refractivity contribution in [2.75, 3.05) is 20.1 Å². The van der Waals surface area contributed by atoms with Crippen LogP contribution in [0.2, 0.25) is 0 Å². The van der Waals surface area contributed by atoms with Crippen LogP contribution in [-0.2, 0) is 11.4 Å². The number of ether oxygens (including phenoxy) is 1. The Balaban J connectivity index is 1.48. The molecule has 6 nitrogen and oxygen atoms in total. The number of hydrogen-bond donors (Lipinski definition) is 0. The van der Waals surface area contributed by atoms with Gasteiger partial charge >= 0.3 is 0 Å². The lowest BCUT2D eigenvalue weighted by molar-refractivity contribution is -0.138. The summed E-state index contributed by atoms with van der Waals surface area (Å²) in [4.78, 5) is 29.0. The van der Waals surface area contributed by atoms with E-state index in [-0.39, 0.29) is 30.4 Å². The number of fused-ring (bicyclic) bond motifs is 4. The number of aryl methyl sites for hydroxylation is 1. The highest BCUT2D eigenvalue weighted by Crippen LogP contribution is 2.29. The molecule has 5 rings (SSSR count). The Bertz CT molecular complexity index is 845. The third kappa shape index (κ3) is 3.44. The molecule has 2 atom stereocenters. The van der Waals surface area contributed by atoms with Crippen LogP contribution in [-0.4, -0.2) is 47.8 Å². The van der Waals surface area contributed by atoms with Gasteiger partial charge in [-0.15, -0.1) is 0 Å². The fourth-order valence-corrected chi connectivity index (χ4v) is 3.97. The highest BCUT2D eigenvalue weighted by molar-refractivity contribution is 5.94. The highest BCUT2D eigenvalue weighted by atomic mass is 16.5. The molecule has 142 valence electrons. The predicted molar refractivity (Wildman–Crippen MR) is 99.4 cm³/mol. The van der Waals surface area contributed by atoms with Crippen LogP contribution >= 0.6 is 0 Å². The van der Waals surface area contributed by atoms with E-state index in [0.29, 0.717) is 24.6 Å². The highest BCUT2D eigenvalue weighted by Gasteiger charge is 2.41. The van der Waals surface area contributed by atoms with Gasteiger partial charge in [-0.25, -0.2) is 0 Å². The van der Waals surface area contributed by atoms with Crippen molar-refractivity contribution in [3.8, 4) is 5.75 Å². The van der Waals surface area contributed by atoms with Crippen LogP contribution in [0, 0.1) is 12.8 Å². The first-order chi connectivity index (χ1) is 13.0. The van der Waals surface area contributed by atoms with E-state index in [0.717, 1.165) is 24.2 Å². The second-order valence-electron chi connectivity index (χ2n) is 7.41. The van der Waals surface area contributed by atoms with Crippen molar-refractivity contribution in [2.45, 2.75) is 32.4 Å². The molecule has 1 aromatic carbocycles. The number of furan rings is 1. The second kappa shape index (κ2) is 7.10. The van der Waals surface area contributed by atoms with Crippen LogP contribution in [0.25, 0.3) is 0 Å². The minimum atomic E-state index is -0.140. The molecule has 4 heterocycles. The lowest BCUT2D eigenvalue weighted by atomic mass is 9.95. The quantitative estimate of drug-likeness (QED) is 0.833. The summed E-state index contributed by atoms with van der Waals surface area (Å²) in [6.45, 7) is 3.17. The van der Waals surface area contributed by atoms with E-state index >= 15 is 0 Å². The number of para-hydroxylation sites is 1. The molecule has 0 N–H and O–H groups in total. The maximum Gasteiger partial charge on any atom is 0.289 e. The molecule has 3 aliphatic rings. The van der Waals surface area contributed by atoms with Crippen molar-refractivity contribution in [3.63, 3.8) is 0 Å². The summed E-state index contributed by atoms with van der Waals surface area (Å²) < 4.78 is 11.5. The summed E-state index contributed by atoms with van der Waals surface area (Å²) in [6.07, 6.45) is 1.80. The first kappa shape index (κ1) is 17.6. The molecule has 3 aliphatic heterocycles. The monoisotopic (exact) mass is 368 g/mol. The summed E-state index contributed by atoms with van der Waals surface area (Å²) in [5.74, 6) is 1.62. The Kier molecular flexibility index (Phi) is 4.64. The Morgan fingerprint density at radius 1 is 1.22 bits per heavy atom. The van der Waals surface area contributed by atoms with Gasteiger partial charge in [0, 0.05) is 31.7 Å². The van der Waals surface area contributed by atoms with Crippen molar-refractivity contribution < 1.29 is 18.7 Å². The SMILES string of the molecule is Cc1cc(COc2ccccc2)oc1C(=O)N1C[C@H]2CC[C@@H](C1)N(C)C2=O. The van der Waals surface area contributed by atoms with E-state index in [1.165, 1.54) is 0 Å². The van der Waals surface area contributed by atoms with Crippen LogP contribution in [0.5, 0.6) is 5.75 Å². The van der Waals surface area contributed by atoms with E-state index < -0.39 is 0 Å². The van der Waals surface area contributed by atoms with Crippen LogP contribution in [0.4, 0.5) is 0 Å². The van der Waals surface area contributed by atoms with E-state index in [9.17, 15) is 9.59 Å². The lowest BCUT2D eigenvalue weighted by Crippen LogP contribution is -2.45. The van der Waals surface area contributed by atoms with Gasteiger partial charge < -0.3 is 19.0 Å². The summed E-state index contributed by atoms with van der Waals surface area (Å²) in [5, 5.41) is 0. The summed E-state index contributed by atoms with van der Waals surface area (Å²) in [5.41, 5.74) is 0.794. The molecule has 1 aromatic heterocycles. The maximum absolute atomic E-state index is 13.1. The van der Waals surface area contributed by atoms with Crippen LogP contribution < -0.4 is 4.74 Å². The Hall–Kier alpha value is -2.76. The Labute approximate surface area is 158 Å². The van der Waals surface area contributed by atoms with Gasteiger partial charge in [-0.05, 0) is 38.0 Å². The first-order valence-electron chi connectivity index (χ1n) is 9.36. The standard InChI is InChI=1S/C21H24N2O4/c1-14-10-18(13-26-17-6-4-3-5-7-17)27-19(14)21(25)23-11-15-8-9-16(12-23)22(2)20(15)24/h3-7,10,15-16H,8-9,11-13H2,1-2H3/t15-,16+/m1/s1. The minimum absolute atomic E-state index is 0.0938. The molecule has 3 saturated heterocycles. The molecule has 0 aliphatic carbocycles. The molecular weight excluding hydrogens is 344 g/mol. The Morgan fingerprint density at radius 3 is 2.78 bits per heavy atom. The molecule has 2 bridgehead atoms.